The van der Waals surface area contributed by atoms with Gasteiger partial charge in [0.25, 0.3) is 0 Å². The molecule has 2 aliphatic carbocycles. The van der Waals surface area contributed by atoms with Crippen LogP contribution >= 0.6 is 0 Å². The largest absolute Gasteiger partial charge is 0.497 e. The number of nitrogens with two attached hydrogens (primary N) is 1. The number of pyridine rings is 1. The first-order chi connectivity index (χ1) is 12.7. The van der Waals surface area contributed by atoms with E-state index in [0.717, 1.165) is 50.6 Å². The highest BCUT2D eigenvalue weighted by Crippen LogP contribution is 2.42. The Balaban J connectivity index is 1.35. The van der Waals surface area contributed by atoms with Gasteiger partial charge in [0.1, 0.15) is 11.6 Å². The molecule has 3 fully saturated rings. The zero-order valence-corrected chi connectivity index (χ0v) is 15.6. The number of fused-ring (bicyclic) bond motifs is 2. The van der Waals surface area contributed by atoms with Crippen molar-refractivity contribution in [3.8, 4) is 5.75 Å². The predicted molar refractivity (Wildman–Crippen MR) is 101 cm³/mol. The fraction of sp³-hybridized carbons (Fsp3) is 0.700. The Morgan fingerprint density at radius 2 is 1.88 bits per heavy atom. The Morgan fingerprint density at radius 3 is 2.54 bits per heavy atom. The molecular formula is C20H30N4O2. The van der Waals surface area contributed by atoms with Gasteiger partial charge in [-0.2, -0.15) is 0 Å². The number of amides is 1. The Labute approximate surface area is 155 Å². The summed E-state index contributed by atoms with van der Waals surface area (Å²) < 4.78 is 5.29. The van der Waals surface area contributed by atoms with Crippen LogP contribution in [-0.2, 0) is 4.79 Å². The molecule has 1 saturated heterocycles. The van der Waals surface area contributed by atoms with Crippen LogP contribution in [0.2, 0.25) is 0 Å². The maximum absolute atomic E-state index is 13.1. The van der Waals surface area contributed by atoms with E-state index in [-0.39, 0.29) is 5.92 Å². The number of rotatable bonds is 3. The van der Waals surface area contributed by atoms with Gasteiger partial charge in [0.15, 0.2) is 0 Å². The Bertz CT molecular complexity index is 630. The van der Waals surface area contributed by atoms with Crippen molar-refractivity contribution >= 4 is 11.7 Å². The molecule has 1 aromatic rings. The number of hydrogen-bond donors (Lipinski definition) is 1. The molecule has 2 N–H and O–H groups in total. The molecule has 3 aliphatic rings. The second-order valence-electron chi connectivity index (χ2n) is 8.06. The maximum atomic E-state index is 13.1. The van der Waals surface area contributed by atoms with Crippen LogP contribution in [0, 0.1) is 17.8 Å². The van der Waals surface area contributed by atoms with Crippen molar-refractivity contribution < 1.29 is 9.53 Å². The monoisotopic (exact) mass is 358 g/mol. The van der Waals surface area contributed by atoms with Gasteiger partial charge in [-0.15, -0.1) is 0 Å². The molecule has 2 atom stereocenters. The van der Waals surface area contributed by atoms with Crippen LogP contribution in [-0.4, -0.2) is 55.1 Å². The standard InChI is InChI=1S/C20H30N4O2/c1-26-17-5-6-22-18(13-17)23-7-9-24(10-8-23)20(25)16-11-14-3-2-4-15(12-16)19(14)21/h5-6,13-16,19H,2-4,7-12,21H2,1H3. The van der Waals surface area contributed by atoms with Crippen molar-refractivity contribution in [1.29, 1.82) is 0 Å². The van der Waals surface area contributed by atoms with Crippen molar-refractivity contribution in [3.05, 3.63) is 18.3 Å². The summed E-state index contributed by atoms with van der Waals surface area (Å²) in [4.78, 5) is 21.8. The van der Waals surface area contributed by atoms with Crippen molar-refractivity contribution in [3.63, 3.8) is 0 Å². The fourth-order valence-corrected chi connectivity index (χ4v) is 5.10. The lowest BCUT2D eigenvalue weighted by Gasteiger charge is -2.45. The van der Waals surface area contributed by atoms with Gasteiger partial charge in [-0.25, -0.2) is 4.98 Å². The van der Waals surface area contributed by atoms with Crippen molar-refractivity contribution in [1.82, 2.24) is 9.88 Å². The molecule has 2 bridgehead atoms. The first kappa shape index (κ1) is 17.6. The topological polar surface area (TPSA) is 71.7 Å². The van der Waals surface area contributed by atoms with Gasteiger partial charge in [0.05, 0.1) is 7.11 Å². The van der Waals surface area contributed by atoms with E-state index in [9.17, 15) is 4.79 Å². The van der Waals surface area contributed by atoms with E-state index in [2.05, 4.69) is 14.8 Å². The normalized spacial score (nSPS) is 31.6. The van der Waals surface area contributed by atoms with Gasteiger partial charge in [0.2, 0.25) is 5.91 Å². The highest BCUT2D eigenvalue weighted by Gasteiger charge is 2.41. The molecule has 2 unspecified atom stereocenters. The van der Waals surface area contributed by atoms with Crippen LogP contribution in [0.3, 0.4) is 0 Å². The molecule has 2 saturated carbocycles. The summed E-state index contributed by atoms with van der Waals surface area (Å²) in [6, 6.07) is 4.14. The number of ether oxygens (including phenoxy) is 1. The summed E-state index contributed by atoms with van der Waals surface area (Å²) in [5.41, 5.74) is 6.38. The van der Waals surface area contributed by atoms with E-state index in [0.29, 0.717) is 23.8 Å². The molecule has 2 heterocycles. The molecule has 1 aromatic heterocycles. The van der Waals surface area contributed by atoms with Crippen LogP contribution in [0.15, 0.2) is 18.3 Å². The van der Waals surface area contributed by atoms with Crippen LogP contribution in [0.25, 0.3) is 0 Å². The minimum Gasteiger partial charge on any atom is -0.497 e. The van der Waals surface area contributed by atoms with Crippen molar-refractivity contribution in [2.24, 2.45) is 23.5 Å². The summed E-state index contributed by atoms with van der Waals surface area (Å²) >= 11 is 0. The van der Waals surface area contributed by atoms with Crippen molar-refractivity contribution in [2.45, 2.75) is 38.1 Å². The molecule has 4 rings (SSSR count). The number of hydrogen-bond acceptors (Lipinski definition) is 5. The molecule has 26 heavy (non-hydrogen) atoms. The van der Waals surface area contributed by atoms with Crippen LogP contribution in [0.5, 0.6) is 5.75 Å². The Morgan fingerprint density at radius 1 is 1.19 bits per heavy atom. The first-order valence-corrected chi connectivity index (χ1v) is 9.95. The lowest BCUT2D eigenvalue weighted by Crippen LogP contribution is -2.53. The zero-order valence-electron chi connectivity index (χ0n) is 15.6. The minimum absolute atomic E-state index is 0.187. The van der Waals surface area contributed by atoms with E-state index in [1.807, 2.05) is 12.1 Å². The maximum Gasteiger partial charge on any atom is 0.225 e. The summed E-state index contributed by atoms with van der Waals surface area (Å²) in [7, 11) is 1.67. The average Bonchev–Trinajstić information content (AvgIpc) is 2.67. The summed E-state index contributed by atoms with van der Waals surface area (Å²) in [6.45, 7) is 3.20. The number of methoxy groups -OCH3 is 1. The van der Waals surface area contributed by atoms with Gasteiger partial charge >= 0.3 is 0 Å². The van der Waals surface area contributed by atoms with Crippen LogP contribution in [0.4, 0.5) is 5.82 Å². The quantitative estimate of drug-likeness (QED) is 0.893. The van der Waals surface area contributed by atoms with E-state index in [1.165, 1.54) is 19.3 Å². The first-order valence-electron chi connectivity index (χ1n) is 9.95. The van der Waals surface area contributed by atoms with Gasteiger partial charge in [-0.05, 0) is 43.6 Å². The van der Waals surface area contributed by atoms with Gasteiger partial charge in [-0.1, -0.05) is 6.42 Å². The van der Waals surface area contributed by atoms with E-state index in [1.54, 1.807) is 13.3 Å². The second kappa shape index (κ2) is 7.43. The highest BCUT2D eigenvalue weighted by atomic mass is 16.5. The Kier molecular flexibility index (Phi) is 5.02. The molecule has 142 valence electrons. The van der Waals surface area contributed by atoms with Crippen molar-refractivity contribution in [2.75, 3.05) is 38.2 Å². The second-order valence-corrected chi connectivity index (χ2v) is 8.06. The number of aromatic nitrogens is 1. The minimum atomic E-state index is 0.187. The van der Waals surface area contributed by atoms with Gasteiger partial charge in [-0.3, -0.25) is 4.79 Å². The fourth-order valence-electron chi connectivity index (χ4n) is 5.10. The van der Waals surface area contributed by atoms with E-state index in [4.69, 9.17) is 10.5 Å². The number of nitrogens with zero attached hydrogens (tertiary/aromatic N) is 3. The highest BCUT2D eigenvalue weighted by molar-refractivity contribution is 5.79. The third kappa shape index (κ3) is 3.39. The number of piperazine rings is 1. The molecule has 6 nitrogen and oxygen atoms in total. The smallest absolute Gasteiger partial charge is 0.225 e. The van der Waals surface area contributed by atoms with Gasteiger partial charge < -0.3 is 20.3 Å². The third-order valence-electron chi connectivity index (χ3n) is 6.63. The lowest BCUT2D eigenvalue weighted by atomic mass is 9.65. The molecule has 0 spiro atoms. The lowest BCUT2D eigenvalue weighted by molar-refractivity contribution is -0.138. The molecule has 0 radical (unpaired) electrons. The van der Waals surface area contributed by atoms with Crippen LogP contribution in [0.1, 0.15) is 32.1 Å². The summed E-state index contributed by atoms with van der Waals surface area (Å²) in [5, 5.41) is 0. The molecule has 1 amide bonds. The average molecular weight is 358 g/mol. The molecular weight excluding hydrogens is 328 g/mol. The SMILES string of the molecule is COc1ccnc(N2CCN(C(=O)C3CC4CCCC(C3)C4N)CC2)c1. The molecule has 0 aromatic carbocycles. The van der Waals surface area contributed by atoms with E-state index >= 15 is 0 Å². The molecule has 6 heteroatoms. The number of carbonyl (C=O) groups is 1. The Hall–Kier alpha value is -1.82. The zero-order chi connectivity index (χ0) is 18.1. The summed E-state index contributed by atoms with van der Waals surface area (Å²) in [5.74, 6) is 3.39. The summed E-state index contributed by atoms with van der Waals surface area (Å²) in [6.07, 6.45) is 7.46. The van der Waals surface area contributed by atoms with E-state index < -0.39 is 0 Å². The predicted octanol–water partition coefficient (Wildman–Crippen LogP) is 1.89. The third-order valence-corrected chi connectivity index (χ3v) is 6.63. The number of carbonyl (C=O) groups excluding carboxylic acids is 1. The van der Waals surface area contributed by atoms with Gasteiger partial charge in [0, 0.05) is 50.4 Å². The molecule has 1 aliphatic heterocycles. The van der Waals surface area contributed by atoms with Crippen LogP contribution < -0.4 is 15.4 Å². The number of anilines is 1.